The highest BCUT2D eigenvalue weighted by atomic mass is 35.5. The number of hydrogen-bond donors (Lipinski definition) is 2. The average Bonchev–Trinajstić information content (AvgIpc) is 2.65. The number of guanidine groups is 1. The Kier molecular flexibility index (Phi) is 7.48. The molecule has 2 aromatic carbocycles. The number of carbonyl (C=O) groups is 1. The zero-order valence-corrected chi connectivity index (χ0v) is 16.2. The lowest BCUT2D eigenvalue weighted by molar-refractivity contribution is 0.0827. The molecule has 0 aromatic heterocycles. The second-order valence-electron chi connectivity index (χ2n) is 6.07. The van der Waals surface area contributed by atoms with Crippen LogP contribution in [0.25, 0.3) is 0 Å². The number of carbonyl (C=O) groups excluding carboxylic acids is 1. The highest BCUT2D eigenvalue weighted by Gasteiger charge is 2.07. The van der Waals surface area contributed by atoms with Crippen LogP contribution in [-0.2, 0) is 13.1 Å². The van der Waals surface area contributed by atoms with Gasteiger partial charge in [0.05, 0.1) is 6.54 Å². The Morgan fingerprint density at radius 3 is 2.19 bits per heavy atom. The summed E-state index contributed by atoms with van der Waals surface area (Å²) < 4.78 is 0. The van der Waals surface area contributed by atoms with E-state index in [4.69, 9.17) is 11.6 Å². The van der Waals surface area contributed by atoms with E-state index in [1.54, 1.807) is 19.0 Å². The van der Waals surface area contributed by atoms with Crippen LogP contribution in [0, 0.1) is 0 Å². The van der Waals surface area contributed by atoms with Gasteiger partial charge in [-0.2, -0.15) is 0 Å². The predicted octanol–water partition coefficient (Wildman–Crippen LogP) is 3.30. The lowest BCUT2D eigenvalue weighted by atomic mass is 10.1. The van der Waals surface area contributed by atoms with Crippen LogP contribution < -0.4 is 10.6 Å². The Labute approximate surface area is 160 Å². The van der Waals surface area contributed by atoms with Gasteiger partial charge in [-0.05, 0) is 42.3 Å². The molecule has 5 nitrogen and oxygen atoms in total. The third-order valence-electron chi connectivity index (χ3n) is 3.74. The van der Waals surface area contributed by atoms with Crippen LogP contribution in [0.5, 0.6) is 0 Å². The van der Waals surface area contributed by atoms with Gasteiger partial charge in [0.25, 0.3) is 5.91 Å². The largest absolute Gasteiger partial charge is 0.357 e. The topological polar surface area (TPSA) is 56.7 Å². The van der Waals surface area contributed by atoms with E-state index in [9.17, 15) is 4.79 Å². The van der Waals surface area contributed by atoms with Crippen molar-refractivity contribution in [3.8, 4) is 0 Å². The Bertz CT molecular complexity index is 739. The van der Waals surface area contributed by atoms with Gasteiger partial charge in [0, 0.05) is 37.8 Å². The smallest absolute Gasteiger partial charge is 0.253 e. The van der Waals surface area contributed by atoms with E-state index in [-0.39, 0.29) is 5.91 Å². The fourth-order valence-electron chi connectivity index (χ4n) is 2.31. The normalized spacial score (nSPS) is 11.2. The molecule has 26 heavy (non-hydrogen) atoms. The molecule has 0 unspecified atom stereocenters. The van der Waals surface area contributed by atoms with E-state index in [0.717, 1.165) is 28.7 Å². The fourth-order valence-corrected chi connectivity index (χ4v) is 2.44. The van der Waals surface area contributed by atoms with E-state index >= 15 is 0 Å². The van der Waals surface area contributed by atoms with Crippen LogP contribution in [-0.4, -0.2) is 37.4 Å². The maximum atomic E-state index is 11.9. The van der Waals surface area contributed by atoms with Crippen molar-refractivity contribution in [2.75, 3.05) is 20.6 Å². The molecule has 2 rings (SSSR count). The maximum Gasteiger partial charge on any atom is 0.253 e. The van der Waals surface area contributed by atoms with E-state index < -0.39 is 0 Å². The lowest BCUT2D eigenvalue weighted by Gasteiger charge is -2.12. The van der Waals surface area contributed by atoms with Gasteiger partial charge in [0.2, 0.25) is 0 Å². The number of amides is 1. The molecule has 0 spiro atoms. The van der Waals surface area contributed by atoms with Crippen LogP contribution in [0.4, 0.5) is 0 Å². The number of hydrogen-bond acceptors (Lipinski definition) is 2. The van der Waals surface area contributed by atoms with Crippen molar-refractivity contribution >= 4 is 23.5 Å². The summed E-state index contributed by atoms with van der Waals surface area (Å²) in [6.07, 6.45) is 0. The summed E-state index contributed by atoms with van der Waals surface area (Å²) in [6.45, 7) is 4.01. The molecule has 0 aliphatic rings. The first kappa shape index (κ1) is 19.8. The number of rotatable bonds is 6. The molecule has 1 amide bonds. The van der Waals surface area contributed by atoms with Gasteiger partial charge in [-0.3, -0.25) is 4.79 Å². The molecule has 0 bridgehead atoms. The molecule has 138 valence electrons. The van der Waals surface area contributed by atoms with E-state index in [1.165, 1.54) is 0 Å². The maximum absolute atomic E-state index is 11.9. The highest BCUT2D eigenvalue weighted by Crippen LogP contribution is 2.09. The molecule has 0 heterocycles. The van der Waals surface area contributed by atoms with Gasteiger partial charge in [-0.1, -0.05) is 35.9 Å². The molecule has 6 heteroatoms. The van der Waals surface area contributed by atoms with Gasteiger partial charge < -0.3 is 15.5 Å². The van der Waals surface area contributed by atoms with Crippen LogP contribution in [0.1, 0.15) is 28.4 Å². The quantitative estimate of drug-likeness (QED) is 0.604. The summed E-state index contributed by atoms with van der Waals surface area (Å²) >= 11 is 5.91. The minimum Gasteiger partial charge on any atom is -0.357 e. The second kappa shape index (κ2) is 9.82. The Morgan fingerprint density at radius 1 is 1.00 bits per heavy atom. The molecule has 0 aliphatic heterocycles. The molecule has 2 aromatic rings. The molecule has 2 N–H and O–H groups in total. The monoisotopic (exact) mass is 372 g/mol. The summed E-state index contributed by atoms with van der Waals surface area (Å²) in [4.78, 5) is 18.1. The third-order valence-corrected chi connectivity index (χ3v) is 4.00. The third kappa shape index (κ3) is 6.08. The van der Waals surface area contributed by atoms with Crippen LogP contribution in [0.15, 0.2) is 53.5 Å². The first-order valence-electron chi connectivity index (χ1n) is 8.57. The Balaban J connectivity index is 1.97. The summed E-state index contributed by atoms with van der Waals surface area (Å²) in [6, 6.07) is 15.3. The summed E-state index contributed by atoms with van der Waals surface area (Å²) in [5.74, 6) is 0.744. The number of halogens is 1. The molecular weight excluding hydrogens is 348 g/mol. The van der Waals surface area contributed by atoms with Crippen LogP contribution in [0.2, 0.25) is 5.02 Å². The molecule has 0 saturated heterocycles. The van der Waals surface area contributed by atoms with Crippen molar-refractivity contribution < 1.29 is 4.79 Å². The standard InChI is InChI=1S/C20H25ClN4O/c1-4-22-20(24-14-16-7-11-18(21)12-8-16)23-13-15-5-9-17(10-6-15)19(26)25(2)3/h5-12H,4,13-14H2,1-3H3,(H2,22,23,24). The van der Waals surface area contributed by atoms with Gasteiger partial charge in [0.15, 0.2) is 5.96 Å². The zero-order valence-electron chi connectivity index (χ0n) is 15.4. The van der Waals surface area contributed by atoms with E-state index in [1.807, 2.05) is 55.5 Å². The van der Waals surface area contributed by atoms with Crippen molar-refractivity contribution in [2.24, 2.45) is 4.99 Å². The Hall–Kier alpha value is -2.53. The van der Waals surface area contributed by atoms with E-state index in [2.05, 4.69) is 15.6 Å². The van der Waals surface area contributed by atoms with Crippen molar-refractivity contribution in [1.82, 2.24) is 15.5 Å². The zero-order chi connectivity index (χ0) is 18.9. The van der Waals surface area contributed by atoms with Crippen molar-refractivity contribution in [3.63, 3.8) is 0 Å². The summed E-state index contributed by atoms with van der Waals surface area (Å²) in [7, 11) is 3.49. The molecular formula is C20H25ClN4O. The van der Waals surface area contributed by atoms with Gasteiger partial charge in [0.1, 0.15) is 0 Å². The number of aliphatic imine (C=N–C) groups is 1. The van der Waals surface area contributed by atoms with E-state index in [0.29, 0.717) is 18.7 Å². The summed E-state index contributed by atoms with van der Waals surface area (Å²) in [5, 5.41) is 7.26. The minimum absolute atomic E-state index is 0.00183. The van der Waals surface area contributed by atoms with Crippen LogP contribution >= 0.6 is 11.6 Å². The van der Waals surface area contributed by atoms with Gasteiger partial charge >= 0.3 is 0 Å². The average molecular weight is 373 g/mol. The Morgan fingerprint density at radius 2 is 1.62 bits per heavy atom. The van der Waals surface area contributed by atoms with Gasteiger partial charge in [-0.15, -0.1) is 0 Å². The number of nitrogens with one attached hydrogen (secondary N) is 2. The number of nitrogens with zero attached hydrogens (tertiary/aromatic N) is 2. The van der Waals surface area contributed by atoms with Gasteiger partial charge in [-0.25, -0.2) is 4.99 Å². The van der Waals surface area contributed by atoms with Crippen molar-refractivity contribution in [2.45, 2.75) is 20.0 Å². The molecule has 0 aliphatic carbocycles. The molecule has 0 atom stereocenters. The summed E-state index contributed by atoms with van der Waals surface area (Å²) in [5.41, 5.74) is 2.85. The highest BCUT2D eigenvalue weighted by molar-refractivity contribution is 6.30. The SMILES string of the molecule is CCNC(=NCc1ccc(C(=O)N(C)C)cc1)NCc1ccc(Cl)cc1. The second-order valence-corrected chi connectivity index (χ2v) is 6.51. The van der Waals surface area contributed by atoms with Crippen LogP contribution in [0.3, 0.4) is 0 Å². The number of benzene rings is 2. The first-order chi connectivity index (χ1) is 12.5. The van der Waals surface area contributed by atoms with Crippen molar-refractivity contribution in [3.05, 3.63) is 70.2 Å². The minimum atomic E-state index is -0.00183. The first-order valence-corrected chi connectivity index (χ1v) is 8.94. The predicted molar refractivity (Wildman–Crippen MR) is 108 cm³/mol. The molecule has 0 radical (unpaired) electrons. The lowest BCUT2D eigenvalue weighted by Crippen LogP contribution is -2.36. The van der Waals surface area contributed by atoms with Crippen molar-refractivity contribution in [1.29, 1.82) is 0 Å². The fraction of sp³-hybridized carbons (Fsp3) is 0.300. The molecule has 0 fully saturated rings. The molecule has 0 saturated carbocycles.